The molecule has 1 unspecified atom stereocenters. The van der Waals surface area contributed by atoms with Crippen LogP contribution in [0.15, 0.2) is 36.7 Å². The second-order valence-corrected chi connectivity index (χ2v) is 8.34. The standard InChI is InChI=1S/C21H21Cl2N3O3/c1-21(2,13-4-3-7-24-11-13)20(29)25-10-12-8-15(22)18(16(23)9-12)14-5-6-17(27)26-19(14)28/h3-4,7-9,11,14H,5-6,10H2,1-2H3,(H,25,29)(H,26,27,28). The zero-order valence-electron chi connectivity index (χ0n) is 16.1. The maximum atomic E-state index is 12.7. The minimum absolute atomic E-state index is 0.160. The van der Waals surface area contributed by atoms with Crippen molar-refractivity contribution in [3.8, 4) is 0 Å². The minimum Gasteiger partial charge on any atom is -0.351 e. The SMILES string of the molecule is CC(C)(C(=O)NCc1cc(Cl)c(C2CCC(=O)NC2=O)c(Cl)c1)c1cccnc1. The molecule has 3 amide bonds. The fourth-order valence-corrected chi connectivity index (χ4v) is 4.10. The van der Waals surface area contributed by atoms with E-state index in [9.17, 15) is 14.4 Å². The zero-order chi connectivity index (χ0) is 21.2. The van der Waals surface area contributed by atoms with E-state index >= 15 is 0 Å². The van der Waals surface area contributed by atoms with Crippen molar-refractivity contribution < 1.29 is 14.4 Å². The Morgan fingerprint density at radius 2 is 1.97 bits per heavy atom. The third-order valence-electron chi connectivity index (χ3n) is 5.13. The summed E-state index contributed by atoms with van der Waals surface area (Å²) >= 11 is 12.8. The second kappa shape index (κ2) is 8.51. The molecule has 152 valence electrons. The highest BCUT2D eigenvalue weighted by Gasteiger charge is 2.32. The van der Waals surface area contributed by atoms with Gasteiger partial charge in [-0.3, -0.25) is 24.7 Å². The van der Waals surface area contributed by atoms with Gasteiger partial charge >= 0.3 is 0 Å². The molecule has 0 spiro atoms. The molecular weight excluding hydrogens is 413 g/mol. The van der Waals surface area contributed by atoms with Crippen LogP contribution in [0.25, 0.3) is 0 Å². The summed E-state index contributed by atoms with van der Waals surface area (Å²) in [7, 11) is 0. The summed E-state index contributed by atoms with van der Waals surface area (Å²) in [5, 5.41) is 5.88. The Balaban J connectivity index is 1.73. The van der Waals surface area contributed by atoms with Crippen molar-refractivity contribution in [1.29, 1.82) is 0 Å². The molecule has 2 N–H and O–H groups in total. The number of rotatable bonds is 5. The number of piperidine rings is 1. The van der Waals surface area contributed by atoms with Gasteiger partial charge in [0.2, 0.25) is 17.7 Å². The fraction of sp³-hybridized carbons (Fsp3) is 0.333. The van der Waals surface area contributed by atoms with Crippen molar-refractivity contribution in [1.82, 2.24) is 15.6 Å². The van der Waals surface area contributed by atoms with Crippen molar-refractivity contribution >= 4 is 40.9 Å². The Morgan fingerprint density at radius 3 is 2.55 bits per heavy atom. The van der Waals surface area contributed by atoms with E-state index in [1.165, 1.54) is 0 Å². The molecule has 2 aromatic rings. The number of aromatic nitrogens is 1. The second-order valence-electron chi connectivity index (χ2n) is 7.53. The van der Waals surface area contributed by atoms with Gasteiger partial charge in [0.1, 0.15) is 0 Å². The molecule has 1 aliphatic rings. The van der Waals surface area contributed by atoms with Gasteiger partial charge in [-0.25, -0.2) is 0 Å². The van der Waals surface area contributed by atoms with Crippen molar-refractivity contribution in [2.75, 3.05) is 0 Å². The van der Waals surface area contributed by atoms with Gasteiger partial charge in [-0.2, -0.15) is 0 Å². The quantitative estimate of drug-likeness (QED) is 0.706. The summed E-state index contributed by atoms with van der Waals surface area (Å²) < 4.78 is 0. The molecule has 6 nitrogen and oxygen atoms in total. The summed E-state index contributed by atoms with van der Waals surface area (Å²) in [4.78, 5) is 40.3. The predicted molar refractivity (Wildman–Crippen MR) is 111 cm³/mol. The number of halogens is 2. The van der Waals surface area contributed by atoms with Gasteiger partial charge in [0.15, 0.2) is 0 Å². The monoisotopic (exact) mass is 433 g/mol. The van der Waals surface area contributed by atoms with Crippen LogP contribution in [0.1, 0.15) is 49.3 Å². The zero-order valence-corrected chi connectivity index (χ0v) is 17.6. The van der Waals surface area contributed by atoms with Gasteiger partial charge in [-0.05, 0) is 49.6 Å². The van der Waals surface area contributed by atoms with Crippen molar-refractivity contribution in [2.45, 2.75) is 44.6 Å². The van der Waals surface area contributed by atoms with E-state index in [2.05, 4.69) is 15.6 Å². The summed E-state index contributed by atoms with van der Waals surface area (Å²) in [6, 6.07) is 7.01. The van der Waals surface area contributed by atoms with E-state index in [0.717, 1.165) is 5.56 Å². The van der Waals surface area contributed by atoms with Crippen LogP contribution in [-0.2, 0) is 26.3 Å². The van der Waals surface area contributed by atoms with Crippen LogP contribution in [0.5, 0.6) is 0 Å². The van der Waals surface area contributed by atoms with E-state index in [0.29, 0.717) is 27.6 Å². The number of carbonyl (C=O) groups is 3. The largest absolute Gasteiger partial charge is 0.351 e. The normalized spacial score (nSPS) is 17.0. The van der Waals surface area contributed by atoms with Gasteiger partial charge in [-0.15, -0.1) is 0 Å². The summed E-state index contributed by atoms with van der Waals surface area (Å²) in [6.45, 7) is 3.88. The molecule has 1 atom stereocenters. The Kier molecular flexibility index (Phi) is 6.24. The fourth-order valence-electron chi connectivity index (χ4n) is 3.31. The minimum atomic E-state index is -0.755. The van der Waals surface area contributed by atoms with E-state index in [-0.39, 0.29) is 24.8 Å². The molecule has 0 bridgehead atoms. The molecule has 1 fully saturated rings. The van der Waals surface area contributed by atoms with Crippen molar-refractivity contribution in [2.24, 2.45) is 0 Å². The highest BCUT2D eigenvalue weighted by Crippen LogP contribution is 2.37. The average Bonchev–Trinajstić information content (AvgIpc) is 2.67. The maximum Gasteiger partial charge on any atom is 0.234 e. The van der Waals surface area contributed by atoms with E-state index < -0.39 is 17.2 Å². The summed E-state index contributed by atoms with van der Waals surface area (Å²) in [5.41, 5.74) is 1.27. The first kappa shape index (κ1) is 21.3. The highest BCUT2D eigenvalue weighted by molar-refractivity contribution is 6.36. The van der Waals surface area contributed by atoms with Gasteiger partial charge in [0.25, 0.3) is 0 Å². The van der Waals surface area contributed by atoms with Gasteiger partial charge < -0.3 is 5.32 Å². The molecule has 1 aliphatic heterocycles. The molecule has 0 radical (unpaired) electrons. The number of pyridine rings is 1. The number of hydrogen-bond donors (Lipinski definition) is 2. The van der Waals surface area contributed by atoms with Gasteiger partial charge in [-0.1, -0.05) is 29.3 Å². The van der Waals surface area contributed by atoms with Gasteiger partial charge in [0, 0.05) is 41.0 Å². The lowest BCUT2D eigenvalue weighted by atomic mass is 9.84. The lowest BCUT2D eigenvalue weighted by Crippen LogP contribution is -2.40. The summed E-state index contributed by atoms with van der Waals surface area (Å²) in [5.74, 6) is -1.42. The van der Waals surface area contributed by atoms with Crippen LogP contribution >= 0.6 is 23.2 Å². The number of hydrogen-bond acceptors (Lipinski definition) is 4. The number of imide groups is 1. The first-order valence-electron chi connectivity index (χ1n) is 9.20. The number of carbonyl (C=O) groups excluding carboxylic acids is 3. The molecule has 2 heterocycles. The molecule has 8 heteroatoms. The van der Waals surface area contributed by atoms with Crippen LogP contribution < -0.4 is 10.6 Å². The van der Waals surface area contributed by atoms with E-state index in [4.69, 9.17) is 23.2 Å². The number of amides is 3. The van der Waals surface area contributed by atoms with Crippen LogP contribution in [0.3, 0.4) is 0 Å². The Labute approximate surface area is 179 Å². The molecule has 29 heavy (non-hydrogen) atoms. The Hall–Kier alpha value is -2.44. The molecule has 0 saturated carbocycles. The lowest BCUT2D eigenvalue weighted by Gasteiger charge is -2.25. The predicted octanol–water partition coefficient (Wildman–Crippen LogP) is 3.50. The van der Waals surface area contributed by atoms with Crippen LogP contribution in [-0.4, -0.2) is 22.7 Å². The molecular formula is C21H21Cl2N3O3. The smallest absolute Gasteiger partial charge is 0.234 e. The molecule has 0 aliphatic carbocycles. The number of nitrogens with zero attached hydrogens (tertiary/aromatic N) is 1. The first-order valence-corrected chi connectivity index (χ1v) is 9.96. The first-order chi connectivity index (χ1) is 13.7. The number of benzene rings is 1. The van der Waals surface area contributed by atoms with Crippen molar-refractivity contribution in [3.63, 3.8) is 0 Å². The van der Waals surface area contributed by atoms with Crippen LogP contribution in [0, 0.1) is 0 Å². The van der Waals surface area contributed by atoms with Crippen molar-refractivity contribution in [3.05, 3.63) is 63.4 Å². The van der Waals surface area contributed by atoms with Gasteiger partial charge in [0.05, 0.1) is 11.3 Å². The molecule has 1 aromatic carbocycles. The summed E-state index contributed by atoms with van der Waals surface area (Å²) in [6.07, 6.45) is 3.93. The van der Waals surface area contributed by atoms with Crippen LogP contribution in [0.4, 0.5) is 0 Å². The maximum absolute atomic E-state index is 12.7. The molecule has 3 rings (SSSR count). The van der Waals surface area contributed by atoms with E-state index in [1.807, 2.05) is 19.9 Å². The molecule has 1 aromatic heterocycles. The third kappa shape index (κ3) is 4.60. The van der Waals surface area contributed by atoms with Crippen LogP contribution in [0.2, 0.25) is 10.0 Å². The third-order valence-corrected chi connectivity index (χ3v) is 5.76. The van der Waals surface area contributed by atoms with E-state index in [1.54, 1.807) is 30.6 Å². The lowest BCUT2D eigenvalue weighted by molar-refractivity contribution is -0.134. The number of nitrogens with one attached hydrogen (secondary N) is 2. The Bertz CT molecular complexity index is 938. The molecule has 1 saturated heterocycles. The highest BCUT2D eigenvalue weighted by atomic mass is 35.5. The average molecular weight is 434 g/mol. The Morgan fingerprint density at radius 1 is 1.28 bits per heavy atom. The topological polar surface area (TPSA) is 88.2 Å².